The highest BCUT2D eigenvalue weighted by Gasteiger charge is 2.84. The number of nitrogens with zero attached hydrogens (tertiary/aromatic N) is 1. The van der Waals surface area contributed by atoms with Crippen LogP contribution in [0.25, 0.3) is 33.8 Å². The Morgan fingerprint density at radius 1 is 0.944 bits per heavy atom. The predicted molar refractivity (Wildman–Crippen MR) is 141 cm³/mol. The molecule has 5 atom stereocenters. The minimum absolute atomic E-state index is 0.0210. The van der Waals surface area contributed by atoms with Crippen molar-refractivity contribution in [3.05, 3.63) is 93.4 Å². The molecule has 0 amide bonds. The van der Waals surface area contributed by atoms with Crippen molar-refractivity contribution in [3.8, 4) is 0 Å². The van der Waals surface area contributed by atoms with Gasteiger partial charge in [0.15, 0.2) is 0 Å². The predicted octanol–water partition coefficient (Wildman–Crippen LogP) is 5.61. The van der Waals surface area contributed by atoms with Crippen LogP contribution in [0.2, 0.25) is 0 Å². The van der Waals surface area contributed by atoms with Gasteiger partial charge in [0.1, 0.15) is 29.4 Å². The van der Waals surface area contributed by atoms with Gasteiger partial charge in [-0.2, -0.15) is 0 Å². The maximum atomic E-state index is 14.7. The number of halogens is 2. The highest BCUT2D eigenvalue weighted by atomic mass is 19.1. The van der Waals surface area contributed by atoms with Gasteiger partial charge >= 0.3 is 0 Å². The van der Waals surface area contributed by atoms with Crippen molar-refractivity contribution in [3.63, 3.8) is 0 Å². The third-order valence-electron chi connectivity index (χ3n) is 10.2. The van der Waals surface area contributed by atoms with Crippen molar-refractivity contribution in [1.82, 2.24) is 0 Å². The Labute approximate surface area is 209 Å². The summed E-state index contributed by atoms with van der Waals surface area (Å²) in [5.41, 5.74) is 3.78. The lowest BCUT2D eigenvalue weighted by atomic mass is 9.75. The number of hydrogen-bond acceptors (Lipinski definition) is 1. The van der Waals surface area contributed by atoms with E-state index in [0.717, 1.165) is 16.5 Å². The van der Waals surface area contributed by atoms with Gasteiger partial charge in [-0.3, -0.25) is 4.48 Å². The Kier molecular flexibility index (Phi) is 4.19. The summed E-state index contributed by atoms with van der Waals surface area (Å²) < 4.78 is 35.6. The van der Waals surface area contributed by atoms with E-state index in [2.05, 4.69) is 70.4 Å². The van der Waals surface area contributed by atoms with E-state index < -0.39 is 11.6 Å². The first-order valence-corrected chi connectivity index (χ1v) is 12.7. The summed E-state index contributed by atoms with van der Waals surface area (Å²) in [4.78, 5) is 0. The van der Waals surface area contributed by atoms with Gasteiger partial charge in [-0.25, -0.2) is 8.78 Å². The molecule has 0 aromatic heterocycles. The summed E-state index contributed by atoms with van der Waals surface area (Å²) in [6.07, 6.45) is 4.61. The SMILES string of the molecule is COCC1C2(C)c3c(cc(C)c4ccccc34)C3C=c4c(ccc5c(F)cc(F)cc45)=C[N+]3(C)C12C. The lowest BCUT2D eigenvalue weighted by Gasteiger charge is -2.50. The molecule has 0 saturated heterocycles. The quantitative estimate of drug-likeness (QED) is 0.338. The summed E-state index contributed by atoms with van der Waals surface area (Å²) in [5.74, 6) is -0.731. The van der Waals surface area contributed by atoms with Crippen LogP contribution in [0.15, 0.2) is 54.6 Å². The molecule has 0 radical (unpaired) electrons. The molecule has 1 saturated carbocycles. The van der Waals surface area contributed by atoms with Gasteiger partial charge in [-0.15, -0.1) is 0 Å². The molecule has 182 valence electrons. The average molecular weight is 483 g/mol. The van der Waals surface area contributed by atoms with E-state index in [9.17, 15) is 8.78 Å². The molecule has 0 bridgehead atoms. The summed E-state index contributed by atoms with van der Waals surface area (Å²) in [7, 11) is 4.11. The standard InChI is InChI=1S/C32H30F2NO/c1-18-12-26-28-15-24-19(10-11-22-25(24)13-20(33)14-27(22)34)16-35(28,4)32(3)29(17-36-5)31(32,2)30(26)23-9-7-6-8-21(18)23/h6-16,28-29H,17H2,1-5H3/q+1. The number of aryl methyl sites for hydroxylation is 1. The van der Waals surface area contributed by atoms with E-state index >= 15 is 0 Å². The summed E-state index contributed by atoms with van der Waals surface area (Å²) >= 11 is 0. The second kappa shape index (κ2) is 6.81. The lowest BCUT2D eigenvalue weighted by Crippen LogP contribution is -2.60. The molecule has 4 aromatic carbocycles. The van der Waals surface area contributed by atoms with E-state index in [-0.39, 0.29) is 17.0 Å². The van der Waals surface area contributed by atoms with Crippen molar-refractivity contribution < 1.29 is 18.0 Å². The van der Waals surface area contributed by atoms with Crippen molar-refractivity contribution in [2.75, 3.05) is 20.8 Å². The number of methoxy groups -OCH3 is 1. The fraction of sp³-hybridized carbons (Fsp3) is 0.312. The van der Waals surface area contributed by atoms with Crippen LogP contribution in [0.5, 0.6) is 0 Å². The minimum atomic E-state index is -0.544. The number of benzene rings is 4. The molecule has 2 aliphatic heterocycles. The normalized spacial score (nSPS) is 31.6. The second-order valence-corrected chi connectivity index (χ2v) is 11.5. The molecule has 4 aromatic rings. The Hall–Kier alpha value is -3.08. The Morgan fingerprint density at radius 3 is 2.44 bits per heavy atom. The highest BCUT2D eigenvalue weighted by molar-refractivity contribution is 5.93. The Balaban J connectivity index is 1.64. The molecule has 1 fully saturated rings. The van der Waals surface area contributed by atoms with Gasteiger partial charge in [-0.1, -0.05) is 30.3 Å². The van der Waals surface area contributed by atoms with E-state index in [1.807, 2.05) is 6.07 Å². The van der Waals surface area contributed by atoms with Crippen molar-refractivity contribution in [2.24, 2.45) is 5.92 Å². The number of likely N-dealkylation sites (N-methyl/N-ethyl adjacent to an activating group) is 1. The van der Waals surface area contributed by atoms with Crippen molar-refractivity contribution in [1.29, 1.82) is 0 Å². The molecule has 0 spiro atoms. The van der Waals surface area contributed by atoms with Crippen LogP contribution in [0.3, 0.4) is 0 Å². The smallest absolute Gasteiger partial charge is 0.139 e. The van der Waals surface area contributed by atoms with Crippen LogP contribution in [0, 0.1) is 24.5 Å². The molecular weight excluding hydrogens is 452 g/mol. The first-order valence-electron chi connectivity index (χ1n) is 12.7. The van der Waals surface area contributed by atoms with E-state index in [4.69, 9.17) is 4.74 Å². The molecular formula is C32H30F2NO+. The largest absolute Gasteiger partial charge is 0.384 e. The van der Waals surface area contributed by atoms with Gasteiger partial charge in [-0.05, 0) is 77.6 Å². The number of fused-ring (bicyclic) bond motifs is 11. The third-order valence-corrected chi connectivity index (χ3v) is 10.2. The highest BCUT2D eigenvalue weighted by Crippen LogP contribution is 2.74. The summed E-state index contributed by atoms with van der Waals surface area (Å²) in [6, 6.07) is 17.3. The van der Waals surface area contributed by atoms with Crippen LogP contribution < -0.4 is 10.4 Å². The zero-order chi connectivity index (χ0) is 25.2. The average Bonchev–Trinajstić information content (AvgIpc) is 3.34. The molecule has 2 heterocycles. The van der Waals surface area contributed by atoms with Gasteiger partial charge in [0.25, 0.3) is 0 Å². The summed E-state index contributed by atoms with van der Waals surface area (Å²) in [5, 5.41) is 5.63. The van der Waals surface area contributed by atoms with Gasteiger partial charge < -0.3 is 4.74 Å². The molecule has 3 aliphatic rings. The van der Waals surface area contributed by atoms with Crippen LogP contribution in [-0.4, -0.2) is 30.8 Å². The Bertz CT molecular complexity index is 1760. The van der Waals surface area contributed by atoms with Crippen molar-refractivity contribution in [2.45, 2.75) is 37.8 Å². The maximum Gasteiger partial charge on any atom is 0.139 e. The Morgan fingerprint density at radius 2 is 1.69 bits per heavy atom. The van der Waals surface area contributed by atoms with E-state index in [1.54, 1.807) is 13.2 Å². The van der Waals surface area contributed by atoms with Gasteiger partial charge in [0.05, 0.1) is 25.0 Å². The molecule has 2 nitrogen and oxygen atoms in total. The topological polar surface area (TPSA) is 9.23 Å². The van der Waals surface area contributed by atoms with E-state index in [1.165, 1.54) is 33.5 Å². The molecule has 0 N–H and O–H groups in total. The second-order valence-electron chi connectivity index (χ2n) is 11.5. The molecule has 5 unspecified atom stereocenters. The zero-order valence-electron chi connectivity index (χ0n) is 21.3. The molecule has 4 heteroatoms. The number of hydrogen-bond donors (Lipinski definition) is 0. The minimum Gasteiger partial charge on any atom is -0.384 e. The van der Waals surface area contributed by atoms with E-state index in [0.29, 0.717) is 27.8 Å². The maximum absolute atomic E-state index is 14.7. The van der Waals surface area contributed by atoms with Crippen LogP contribution >= 0.6 is 0 Å². The van der Waals surface area contributed by atoms with Crippen LogP contribution in [0.4, 0.5) is 8.78 Å². The van der Waals surface area contributed by atoms with Crippen molar-refractivity contribution >= 4 is 33.8 Å². The molecule has 7 rings (SSSR count). The first kappa shape index (κ1) is 22.1. The number of ether oxygens (including phenoxy) is 1. The number of rotatable bonds is 2. The summed E-state index contributed by atoms with van der Waals surface area (Å²) in [6.45, 7) is 7.68. The molecule has 1 aliphatic carbocycles. The fourth-order valence-corrected chi connectivity index (χ4v) is 8.22. The first-order chi connectivity index (χ1) is 17.2. The monoisotopic (exact) mass is 482 g/mol. The van der Waals surface area contributed by atoms with Crippen LogP contribution in [0.1, 0.15) is 36.6 Å². The lowest BCUT2D eigenvalue weighted by molar-refractivity contribution is -0.896. The fourth-order valence-electron chi connectivity index (χ4n) is 8.22. The third kappa shape index (κ3) is 2.33. The number of quaternary nitrogens is 1. The van der Waals surface area contributed by atoms with Gasteiger partial charge in [0, 0.05) is 29.3 Å². The van der Waals surface area contributed by atoms with Crippen LogP contribution in [-0.2, 0) is 10.2 Å². The molecule has 36 heavy (non-hydrogen) atoms. The van der Waals surface area contributed by atoms with Gasteiger partial charge in [0.2, 0.25) is 0 Å². The zero-order valence-corrected chi connectivity index (χ0v) is 21.3.